The third-order valence-corrected chi connectivity index (χ3v) is 11.2. The number of benzene rings is 9. The lowest BCUT2D eigenvalue weighted by atomic mass is 9.99. The Bertz CT molecular complexity index is 3930. The Morgan fingerprint density at radius 2 is 1.05 bits per heavy atom. The van der Waals surface area contributed by atoms with Crippen LogP contribution in [0.4, 0.5) is 0 Å². The standard InChI is InChI=1S/C54H34N2O/c1-3-13-35(14-4-1)37-17-11-18-41(31-37)55-49-29-26-38(33-47(49)43-28-25-40(34-52(43)55)36-15-5-2-6-16-36)39-27-30-50-46(32-39)42-19-7-9-22-48(42)56(50)51-23-12-21-45-44-20-8-10-24-53(44)57-54(45)51/h1-34H/i7D,9D,19D,22D,27D,30D,32D. The Morgan fingerprint density at radius 1 is 0.368 bits per heavy atom. The lowest BCUT2D eigenvalue weighted by Gasteiger charge is -2.12. The van der Waals surface area contributed by atoms with E-state index in [-0.39, 0.29) is 57.6 Å². The van der Waals surface area contributed by atoms with Crippen molar-refractivity contribution >= 4 is 65.6 Å². The minimum absolute atomic E-state index is 0.105. The topological polar surface area (TPSA) is 23.0 Å². The van der Waals surface area contributed by atoms with Crippen LogP contribution in [0.3, 0.4) is 0 Å². The Labute approximate surface area is 338 Å². The van der Waals surface area contributed by atoms with E-state index in [1.807, 2.05) is 91.0 Å². The predicted octanol–water partition coefficient (Wildman–Crippen LogP) is 14.8. The van der Waals surface area contributed by atoms with Crippen molar-refractivity contribution in [2.24, 2.45) is 0 Å². The molecule has 12 aromatic rings. The molecule has 266 valence electrons. The summed E-state index contributed by atoms with van der Waals surface area (Å²) >= 11 is 0. The molecule has 0 atom stereocenters. The zero-order valence-corrected chi connectivity index (χ0v) is 30.4. The molecule has 3 nitrogen and oxygen atoms in total. The van der Waals surface area contributed by atoms with Crippen LogP contribution in [0.15, 0.2) is 211 Å². The van der Waals surface area contributed by atoms with Crippen molar-refractivity contribution in [3.63, 3.8) is 0 Å². The van der Waals surface area contributed by atoms with Crippen LogP contribution in [0.25, 0.3) is 110 Å². The third kappa shape index (κ3) is 4.92. The summed E-state index contributed by atoms with van der Waals surface area (Å²) in [5.74, 6) is 0. The highest BCUT2D eigenvalue weighted by atomic mass is 16.3. The SMILES string of the molecule is [2H]c1c([2H])c([2H])c2c(c1[2H])c1c([2H])c(-c3ccc4c(c3)c3ccc(-c5ccccc5)cc3n4-c3cccc(-c4ccccc4)c3)c([2H])c([2H])c1n2-c1cccc2c1oc1ccccc12. The lowest BCUT2D eigenvalue weighted by molar-refractivity contribution is 0.666. The maximum atomic E-state index is 9.96. The van der Waals surface area contributed by atoms with Crippen molar-refractivity contribution in [3.05, 3.63) is 206 Å². The number of nitrogens with zero attached hydrogens (tertiary/aromatic N) is 2. The smallest absolute Gasteiger partial charge is 0.159 e. The Kier molecular flexibility index (Phi) is 5.56. The number of furan rings is 1. The Morgan fingerprint density at radius 3 is 1.91 bits per heavy atom. The van der Waals surface area contributed by atoms with Gasteiger partial charge in [-0.05, 0) is 94.0 Å². The van der Waals surface area contributed by atoms with Crippen molar-refractivity contribution in [2.75, 3.05) is 0 Å². The largest absolute Gasteiger partial charge is 0.454 e. The summed E-state index contributed by atoms with van der Waals surface area (Å²) in [7, 11) is 0. The summed E-state index contributed by atoms with van der Waals surface area (Å²) in [6.07, 6.45) is 0. The zero-order valence-electron chi connectivity index (χ0n) is 37.4. The molecule has 12 rings (SSSR count). The van der Waals surface area contributed by atoms with E-state index in [1.54, 1.807) is 10.6 Å². The number of fused-ring (bicyclic) bond motifs is 9. The number of hydrogen-bond acceptors (Lipinski definition) is 1. The van der Waals surface area contributed by atoms with Crippen molar-refractivity contribution in [1.29, 1.82) is 0 Å². The van der Waals surface area contributed by atoms with Gasteiger partial charge in [0.05, 0.1) is 37.3 Å². The first-order valence-corrected chi connectivity index (χ1v) is 18.9. The monoisotopic (exact) mass is 733 g/mol. The molecule has 0 radical (unpaired) electrons. The molecule has 0 aliphatic carbocycles. The summed E-state index contributed by atoms with van der Waals surface area (Å²) in [5, 5.41) is 3.80. The average Bonchev–Trinajstić information content (AvgIpc) is 4.01. The number of para-hydroxylation sites is 3. The van der Waals surface area contributed by atoms with Gasteiger partial charge in [0.15, 0.2) is 5.58 Å². The van der Waals surface area contributed by atoms with E-state index in [0.29, 0.717) is 22.4 Å². The minimum atomic E-state index is -0.443. The van der Waals surface area contributed by atoms with Gasteiger partial charge in [0.25, 0.3) is 0 Å². The number of hydrogen-bond donors (Lipinski definition) is 0. The molecule has 0 saturated carbocycles. The van der Waals surface area contributed by atoms with Crippen molar-refractivity contribution < 1.29 is 14.0 Å². The van der Waals surface area contributed by atoms with E-state index in [9.17, 15) is 6.85 Å². The molecule has 0 saturated heterocycles. The fourth-order valence-corrected chi connectivity index (χ4v) is 8.53. The summed E-state index contributed by atoms with van der Waals surface area (Å²) in [5.41, 5.74) is 9.72. The predicted molar refractivity (Wildman–Crippen MR) is 239 cm³/mol. The molecule has 3 heterocycles. The molecule has 0 aliphatic rings. The van der Waals surface area contributed by atoms with E-state index in [4.69, 9.17) is 7.16 Å². The van der Waals surface area contributed by atoms with Gasteiger partial charge in [-0.2, -0.15) is 0 Å². The third-order valence-electron chi connectivity index (χ3n) is 11.2. The molecule has 3 heteroatoms. The minimum Gasteiger partial charge on any atom is -0.454 e. The van der Waals surface area contributed by atoms with Crippen LogP contribution in [0.5, 0.6) is 0 Å². The number of rotatable bonds is 5. The molecule has 3 aromatic heterocycles. The van der Waals surface area contributed by atoms with Crippen LogP contribution in [-0.2, 0) is 0 Å². The Hall–Kier alpha value is -7.62. The Balaban J connectivity index is 1.14. The second kappa shape index (κ2) is 12.5. The van der Waals surface area contributed by atoms with Gasteiger partial charge in [0.1, 0.15) is 5.58 Å². The van der Waals surface area contributed by atoms with E-state index in [2.05, 4.69) is 71.3 Å². The quantitative estimate of drug-likeness (QED) is 0.173. The van der Waals surface area contributed by atoms with Crippen LogP contribution in [-0.4, -0.2) is 9.13 Å². The molecule has 0 bridgehead atoms. The first-order chi connectivity index (χ1) is 31.2. The highest BCUT2D eigenvalue weighted by Gasteiger charge is 2.19. The number of aromatic nitrogens is 2. The molecule has 0 spiro atoms. The molecule has 0 fully saturated rings. The van der Waals surface area contributed by atoms with E-state index in [0.717, 1.165) is 60.5 Å². The van der Waals surface area contributed by atoms with Crippen molar-refractivity contribution in [1.82, 2.24) is 9.13 Å². The summed E-state index contributed by atoms with van der Waals surface area (Å²) < 4.78 is 75.6. The maximum absolute atomic E-state index is 9.96. The lowest BCUT2D eigenvalue weighted by Crippen LogP contribution is -1.95. The summed E-state index contributed by atoms with van der Waals surface area (Å²) in [4.78, 5) is 0. The highest BCUT2D eigenvalue weighted by molar-refractivity contribution is 6.15. The maximum Gasteiger partial charge on any atom is 0.159 e. The van der Waals surface area contributed by atoms with Gasteiger partial charge in [-0.1, -0.05) is 145 Å². The van der Waals surface area contributed by atoms with Crippen molar-refractivity contribution in [3.8, 4) is 44.8 Å². The van der Waals surface area contributed by atoms with E-state index < -0.39 is 12.1 Å². The van der Waals surface area contributed by atoms with Crippen LogP contribution in [0, 0.1) is 0 Å². The molecule has 0 aliphatic heterocycles. The molecular weight excluding hydrogens is 693 g/mol. The first-order valence-electron chi connectivity index (χ1n) is 22.4. The van der Waals surface area contributed by atoms with Gasteiger partial charge >= 0.3 is 0 Å². The molecular formula is C54H34N2O. The van der Waals surface area contributed by atoms with Crippen LogP contribution < -0.4 is 0 Å². The van der Waals surface area contributed by atoms with Crippen LogP contribution in [0.2, 0.25) is 0 Å². The van der Waals surface area contributed by atoms with Gasteiger partial charge in [0, 0.05) is 38.0 Å². The summed E-state index contributed by atoms with van der Waals surface area (Å²) in [6.45, 7) is 0. The van der Waals surface area contributed by atoms with Gasteiger partial charge < -0.3 is 13.6 Å². The molecule has 0 amide bonds. The highest BCUT2D eigenvalue weighted by Crippen LogP contribution is 2.41. The van der Waals surface area contributed by atoms with Gasteiger partial charge in [0.2, 0.25) is 0 Å². The second-order valence-electron chi connectivity index (χ2n) is 14.4. The molecule has 57 heavy (non-hydrogen) atoms. The van der Waals surface area contributed by atoms with E-state index in [1.165, 1.54) is 0 Å². The molecule has 0 N–H and O–H groups in total. The normalized spacial score (nSPS) is 13.6. The van der Waals surface area contributed by atoms with Crippen LogP contribution in [0.1, 0.15) is 9.60 Å². The second-order valence-corrected chi connectivity index (χ2v) is 14.4. The molecule has 0 unspecified atom stereocenters. The van der Waals surface area contributed by atoms with Crippen LogP contribution >= 0.6 is 0 Å². The van der Waals surface area contributed by atoms with E-state index >= 15 is 0 Å². The van der Waals surface area contributed by atoms with Gasteiger partial charge in [-0.25, -0.2) is 0 Å². The summed E-state index contributed by atoms with van der Waals surface area (Å²) in [6, 6.07) is 52.4. The van der Waals surface area contributed by atoms with Gasteiger partial charge in [-0.3, -0.25) is 0 Å². The fraction of sp³-hybridized carbons (Fsp3) is 0. The van der Waals surface area contributed by atoms with Crippen molar-refractivity contribution in [2.45, 2.75) is 0 Å². The first kappa shape index (κ1) is 25.5. The molecule has 9 aromatic carbocycles. The average molecular weight is 734 g/mol. The fourth-order valence-electron chi connectivity index (χ4n) is 8.53. The van der Waals surface area contributed by atoms with Gasteiger partial charge in [-0.15, -0.1) is 0 Å². The zero-order chi connectivity index (χ0) is 43.5.